The average Bonchev–Trinajstić information content (AvgIpc) is 3.28. The lowest BCUT2D eigenvalue weighted by Gasteiger charge is -2.42. The van der Waals surface area contributed by atoms with Crippen LogP contribution in [0.1, 0.15) is 46.3 Å². The normalized spacial score (nSPS) is 17.1. The third-order valence-corrected chi connectivity index (χ3v) is 6.91. The highest BCUT2D eigenvalue weighted by atomic mass is 19.4. The summed E-state index contributed by atoms with van der Waals surface area (Å²) in [7, 11) is 0. The molecule has 0 bridgehead atoms. The Morgan fingerprint density at radius 1 is 0.949 bits per heavy atom. The first-order chi connectivity index (χ1) is 18.3. The minimum atomic E-state index is -5.06. The number of aromatic nitrogens is 1. The number of para-hydroxylation sites is 1. The number of nitrogens with zero attached hydrogens (tertiary/aromatic N) is 2. The molecule has 1 amide bonds. The van der Waals surface area contributed by atoms with E-state index in [0.717, 1.165) is 16.5 Å². The molecule has 0 saturated carbocycles. The van der Waals surface area contributed by atoms with Crippen LogP contribution in [0.25, 0.3) is 10.9 Å². The van der Waals surface area contributed by atoms with E-state index in [9.17, 15) is 35.9 Å². The van der Waals surface area contributed by atoms with Crippen molar-refractivity contribution in [1.29, 1.82) is 0 Å². The smallest absolute Gasteiger partial charge is 0.416 e. The Morgan fingerprint density at radius 2 is 1.62 bits per heavy atom. The number of carboxylic acid groups (broad SMARTS) is 1. The van der Waals surface area contributed by atoms with Gasteiger partial charge in [0, 0.05) is 54.8 Å². The summed E-state index contributed by atoms with van der Waals surface area (Å²) in [6, 6.07) is 7.88. The Hall–Kier alpha value is -3.54. The molecule has 2 heterocycles. The maximum atomic E-state index is 13.5. The van der Waals surface area contributed by atoms with Crippen molar-refractivity contribution in [2.45, 2.75) is 44.1 Å². The van der Waals surface area contributed by atoms with E-state index in [1.54, 1.807) is 6.20 Å². The summed E-state index contributed by atoms with van der Waals surface area (Å²) in [5.41, 5.74) is -2.02. The number of carbonyl (C=O) groups is 2. The number of H-pyrrole nitrogens is 1. The fourth-order valence-corrected chi connectivity index (χ4v) is 4.98. The lowest BCUT2D eigenvalue weighted by molar-refractivity contribution is -0.143. The highest BCUT2D eigenvalue weighted by molar-refractivity contribution is 5.95. The topological polar surface area (TPSA) is 76.6 Å². The zero-order chi connectivity index (χ0) is 28.4. The molecule has 0 aliphatic carbocycles. The molecule has 1 atom stereocenters. The van der Waals surface area contributed by atoms with Gasteiger partial charge in [-0.15, -0.1) is 0 Å². The average molecular weight is 556 g/mol. The Balaban J connectivity index is 1.63. The summed E-state index contributed by atoms with van der Waals surface area (Å²) in [6.45, 7) is 1.35. The van der Waals surface area contributed by atoms with Crippen molar-refractivity contribution in [2.24, 2.45) is 0 Å². The molecule has 210 valence electrons. The van der Waals surface area contributed by atoms with Gasteiger partial charge in [0.05, 0.1) is 11.1 Å². The van der Waals surface area contributed by atoms with Crippen molar-refractivity contribution in [1.82, 2.24) is 14.8 Å². The largest absolute Gasteiger partial charge is 0.481 e. The number of carboxylic acids is 1. The van der Waals surface area contributed by atoms with Crippen LogP contribution in [0.4, 0.5) is 26.3 Å². The van der Waals surface area contributed by atoms with Crippen LogP contribution in [-0.4, -0.2) is 64.0 Å². The number of fused-ring (bicyclic) bond motifs is 1. The second-order valence-electron chi connectivity index (χ2n) is 9.66. The molecular formula is C27H27F6N3O3. The first kappa shape index (κ1) is 28.5. The summed E-state index contributed by atoms with van der Waals surface area (Å²) in [5.74, 6) is -1.80. The van der Waals surface area contributed by atoms with Gasteiger partial charge in [0.25, 0.3) is 5.91 Å². The number of halogens is 6. The molecule has 12 heteroatoms. The number of nitrogens with one attached hydrogen (secondary N) is 1. The molecule has 2 aromatic carbocycles. The van der Waals surface area contributed by atoms with Gasteiger partial charge in [0.2, 0.25) is 0 Å². The number of aromatic amines is 1. The molecule has 2 N–H and O–H groups in total. The molecule has 1 aliphatic rings. The number of hydrogen-bond donors (Lipinski definition) is 2. The number of rotatable bonds is 8. The van der Waals surface area contributed by atoms with E-state index in [4.69, 9.17) is 5.11 Å². The monoisotopic (exact) mass is 555 g/mol. The molecule has 4 rings (SSSR count). The molecule has 0 spiro atoms. The maximum absolute atomic E-state index is 13.5. The third-order valence-electron chi connectivity index (χ3n) is 6.91. The van der Waals surface area contributed by atoms with Crippen molar-refractivity contribution in [2.75, 3.05) is 26.2 Å². The first-order valence-corrected chi connectivity index (χ1v) is 12.4. The van der Waals surface area contributed by atoms with Crippen LogP contribution in [0.2, 0.25) is 0 Å². The van der Waals surface area contributed by atoms with Crippen molar-refractivity contribution in [3.8, 4) is 0 Å². The molecule has 39 heavy (non-hydrogen) atoms. The SMILES string of the molecule is O=C(O)CCCCN1CCN(C(=O)c2cc(C(F)(F)F)cc(C(F)(F)F)c2)[C@H](Cc2c[nH]c3ccccc23)C1. The van der Waals surface area contributed by atoms with E-state index in [-0.39, 0.29) is 19.0 Å². The van der Waals surface area contributed by atoms with E-state index in [1.807, 2.05) is 29.2 Å². The van der Waals surface area contributed by atoms with Crippen molar-refractivity contribution in [3.63, 3.8) is 0 Å². The second-order valence-corrected chi connectivity index (χ2v) is 9.66. The molecule has 1 saturated heterocycles. The van der Waals surface area contributed by atoms with E-state index < -0.39 is 47.0 Å². The standard InChI is InChI=1S/C27H27F6N3O3/c28-26(29,30)19-11-17(12-20(14-19)27(31,32)33)25(39)36-10-9-35(8-4-3-7-24(37)38)16-21(36)13-18-15-34-23-6-2-1-5-22(18)23/h1-2,5-6,11-12,14-15,21,34H,3-4,7-10,13,16H2,(H,37,38)/t21-/m1/s1. The maximum Gasteiger partial charge on any atom is 0.416 e. The number of piperazine rings is 1. The van der Waals surface area contributed by atoms with Gasteiger partial charge in [-0.05, 0) is 55.6 Å². The number of alkyl halides is 6. The molecule has 0 radical (unpaired) electrons. The van der Waals surface area contributed by atoms with Crippen LogP contribution >= 0.6 is 0 Å². The summed E-state index contributed by atoms with van der Waals surface area (Å²) in [4.78, 5) is 30.8. The van der Waals surface area contributed by atoms with Crippen molar-refractivity contribution >= 4 is 22.8 Å². The number of aliphatic carboxylic acids is 1. The zero-order valence-corrected chi connectivity index (χ0v) is 20.8. The Bertz CT molecular complexity index is 1300. The predicted molar refractivity (Wildman–Crippen MR) is 131 cm³/mol. The minimum absolute atomic E-state index is 0.00919. The molecule has 3 aromatic rings. The molecule has 6 nitrogen and oxygen atoms in total. The van der Waals surface area contributed by atoms with Crippen LogP contribution < -0.4 is 0 Å². The van der Waals surface area contributed by atoms with Crippen molar-refractivity contribution in [3.05, 3.63) is 70.9 Å². The number of carbonyl (C=O) groups excluding carboxylic acids is 1. The number of benzene rings is 2. The van der Waals surface area contributed by atoms with Crippen LogP contribution in [-0.2, 0) is 23.6 Å². The Labute approximate surface area is 220 Å². The summed E-state index contributed by atoms with van der Waals surface area (Å²) in [5, 5.41) is 9.77. The third kappa shape index (κ3) is 6.92. The highest BCUT2D eigenvalue weighted by Crippen LogP contribution is 2.37. The van der Waals surface area contributed by atoms with E-state index in [1.165, 1.54) is 4.90 Å². The lowest BCUT2D eigenvalue weighted by atomic mass is 9.98. The summed E-state index contributed by atoms with van der Waals surface area (Å²) in [6.07, 6.45) is -6.93. The fourth-order valence-electron chi connectivity index (χ4n) is 4.98. The van der Waals surface area contributed by atoms with Crippen LogP contribution in [0.15, 0.2) is 48.7 Å². The summed E-state index contributed by atoms with van der Waals surface area (Å²) < 4.78 is 80.6. The predicted octanol–water partition coefficient (Wildman–Crippen LogP) is 5.83. The Kier molecular flexibility index (Phi) is 8.24. The second kappa shape index (κ2) is 11.3. The van der Waals surface area contributed by atoms with E-state index in [2.05, 4.69) is 4.98 Å². The Morgan fingerprint density at radius 3 is 2.26 bits per heavy atom. The van der Waals surface area contributed by atoms with Crippen molar-refractivity contribution < 1.29 is 41.0 Å². The van der Waals surface area contributed by atoms with Gasteiger partial charge in [-0.1, -0.05) is 18.2 Å². The number of hydrogen-bond acceptors (Lipinski definition) is 3. The molecule has 1 fully saturated rings. The first-order valence-electron chi connectivity index (χ1n) is 12.4. The van der Waals surface area contributed by atoms with E-state index in [0.29, 0.717) is 51.0 Å². The molecule has 1 aliphatic heterocycles. The van der Waals surface area contributed by atoms with Gasteiger partial charge >= 0.3 is 18.3 Å². The van der Waals surface area contributed by atoms with Gasteiger partial charge in [0.1, 0.15) is 0 Å². The molecule has 1 aromatic heterocycles. The molecular weight excluding hydrogens is 528 g/mol. The highest BCUT2D eigenvalue weighted by Gasteiger charge is 2.39. The fraction of sp³-hybridized carbons (Fsp3) is 0.407. The van der Waals surface area contributed by atoms with Gasteiger partial charge in [-0.25, -0.2) is 0 Å². The number of unbranched alkanes of at least 4 members (excludes halogenated alkanes) is 1. The van der Waals surface area contributed by atoms with Crippen LogP contribution in [0, 0.1) is 0 Å². The van der Waals surface area contributed by atoms with Gasteiger partial charge in [-0.2, -0.15) is 26.3 Å². The van der Waals surface area contributed by atoms with Gasteiger partial charge in [-0.3, -0.25) is 14.5 Å². The lowest BCUT2D eigenvalue weighted by Crippen LogP contribution is -2.56. The summed E-state index contributed by atoms with van der Waals surface area (Å²) >= 11 is 0. The minimum Gasteiger partial charge on any atom is -0.481 e. The number of amides is 1. The van der Waals surface area contributed by atoms with Gasteiger partial charge in [0.15, 0.2) is 0 Å². The quantitative estimate of drug-likeness (QED) is 0.271. The zero-order valence-electron chi connectivity index (χ0n) is 20.8. The van der Waals surface area contributed by atoms with E-state index >= 15 is 0 Å². The molecule has 0 unspecified atom stereocenters. The van der Waals surface area contributed by atoms with Gasteiger partial charge < -0.3 is 15.0 Å². The van der Waals surface area contributed by atoms with Crippen LogP contribution in [0.5, 0.6) is 0 Å². The van der Waals surface area contributed by atoms with Crippen LogP contribution in [0.3, 0.4) is 0 Å².